The summed E-state index contributed by atoms with van der Waals surface area (Å²) in [5.41, 5.74) is 0.358. The summed E-state index contributed by atoms with van der Waals surface area (Å²) in [5.74, 6) is -1.51. The number of hydrazone groups is 1. The number of halogens is 3. The second-order valence-electron chi connectivity index (χ2n) is 7.59. The van der Waals surface area contributed by atoms with E-state index >= 15 is 0 Å². The van der Waals surface area contributed by atoms with Crippen LogP contribution in [0.5, 0.6) is 0 Å². The monoisotopic (exact) mass is 418 g/mol. The summed E-state index contributed by atoms with van der Waals surface area (Å²) in [6.45, 7) is 4.69. The first-order valence-electron chi connectivity index (χ1n) is 9.66. The van der Waals surface area contributed by atoms with Crippen LogP contribution in [0.3, 0.4) is 0 Å². The molecule has 1 aromatic heterocycles. The molecule has 0 spiro atoms. The van der Waals surface area contributed by atoms with Crippen LogP contribution in [0.4, 0.5) is 23.9 Å². The second-order valence-corrected chi connectivity index (χ2v) is 7.59. The van der Waals surface area contributed by atoms with Crippen LogP contribution in [-0.4, -0.2) is 57.3 Å². The lowest BCUT2D eigenvalue weighted by Gasteiger charge is -2.45. The lowest BCUT2D eigenvalue weighted by molar-refractivity contribution is 0.0984. The molecule has 3 heterocycles. The van der Waals surface area contributed by atoms with Crippen molar-refractivity contribution in [3.63, 3.8) is 0 Å². The minimum Gasteiger partial charge on any atom is -0.337 e. The molecule has 7 nitrogen and oxygen atoms in total. The van der Waals surface area contributed by atoms with Crippen LogP contribution in [0.25, 0.3) is 0 Å². The van der Waals surface area contributed by atoms with Gasteiger partial charge < -0.3 is 9.80 Å². The molecule has 2 aliphatic heterocycles. The zero-order valence-electron chi connectivity index (χ0n) is 16.5. The van der Waals surface area contributed by atoms with Crippen molar-refractivity contribution in [3.05, 3.63) is 53.6 Å². The summed E-state index contributed by atoms with van der Waals surface area (Å²) in [5, 5.41) is 5.46. The van der Waals surface area contributed by atoms with Crippen molar-refractivity contribution in [1.82, 2.24) is 19.9 Å². The van der Waals surface area contributed by atoms with Crippen molar-refractivity contribution >= 4 is 18.2 Å². The van der Waals surface area contributed by atoms with E-state index < -0.39 is 23.5 Å². The Kier molecular flexibility index (Phi) is 5.31. The molecule has 4 rings (SSSR count). The summed E-state index contributed by atoms with van der Waals surface area (Å²) in [7, 11) is 0. The number of hydrogen-bond acceptors (Lipinski definition) is 5. The SMILES string of the molecule is C[C@@H]1CN(c2ncc(F)cn2)C[C@H](C)N1C(=O)N1N=CCC1c1cc(F)cc(F)c1. The van der Waals surface area contributed by atoms with E-state index in [-0.39, 0.29) is 18.1 Å². The first-order valence-corrected chi connectivity index (χ1v) is 9.66. The quantitative estimate of drug-likeness (QED) is 0.750. The molecule has 0 aliphatic carbocycles. The molecule has 2 amide bonds. The number of aromatic nitrogens is 2. The summed E-state index contributed by atoms with van der Waals surface area (Å²) in [6, 6.07) is 1.91. The summed E-state index contributed by atoms with van der Waals surface area (Å²) < 4.78 is 40.5. The fourth-order valence-corrected chi connectivity index (χ4v) is 4.09. The van der Waals surface area contributed by atoms with E-state index in [2.05, 4.69) is 15.1 Å². The maximum atomic E-state index is 13.7. The van der Waals surface area contributed by atoms with E-state index in [9.17, 15) is 18.0 Å². The number of hydrogen-bond donors (Lipinski definition) is 0. The summed E-state index contributed by atoms with van der Waals surface area (Å²) in [4.78, 5) is 24.9. The third kappa shape index (κ3) is 3.81. The van der Waals surface area contributed by atoms with Gasteiger partial charge in [0.05, 0.1) is 18.4 Å². The lowest BCUT2D eigenvalue weighted by atomic mass is 10.0. The topological polar surface area (TPSA) is 64.9 Å². The van der Waals surface area contributed by atoms with Gasteiger partial charge in [-0.25, -0.2) is 32.9 Å². The minimum atomic E-state index is -0.695. The number of piperazine rings is 1. The zero-order chi connectivity index (χ0) is 21.4. The molecule has 2 aromatic rings. The van der Waals surface area contributed by atoms with Gasteiger partial charge in [-0.15, -0.1) is 0 Å². The molecular weight excluding hydrogens is 397 g/mol. The molecule has 0 saturated carbocycles. The predicted molar refractivity (Wildman–Crippen MR) is 104 cm³/mol. The molecule has 1 aromatic carbocycles. The van der Waals surface area contributed by atoms with E-state index in [0.717, 1.165) is 18.5 Å². The van der Waals surface area contributed by atoms with Gasteiger partial charge in [-0.05, 0) is 31.5 Å². The molecule has 0 radical (unpaired) electrons. The van der Waals surface area contributed by atoms with Crippen molar-refractivity contribution in [2.75, 3.05) is 18.0 Å². The molecule has 0 bridgehead atoms. The van der Waals surface area contributed by atoms with E-state index in [1.807, 2.05) is 18.7 Å². The van der Waals surface area contributed by atoms with Gasteiger partial charge in [0, 0.05) is 43.9 Å². The molecule has 1 fully saturated rings. The van der Waals surface area contributed by atoms with Crippen LogP contribution >= 0.6 is 0 Å². The van der Waals surface area contributed by atoms with Crippen molar-refractivity contribution in [2.45, 2.75) is 38.4 Å². The number of benzene rings is 1. The highest BCUT2D eigenvalue weighted by Crippen LogP contribution is 2.32. The van der Waals surface area contributed by atoms with Gasteiger partial charge in [0.15, 0.2) is 5.82 Å². The molecular formula is C20H21F3N6O. The Balaban J connectivity index is 1.52. The van der Waals surface area contributed by atoms with Gasteiger partial charge in [0.1, 0.15) is 11.6 Å². The Hall–Kier alpha value is -3.17. The molecule has 158 valence electrons. The number of nitrogens with zero attached hydrogens (tertiary/aromatic N) is 6. The number of amides is 2. The third-order valence-electron chi connectivity index (χ3n) is 5.32. The highest BCUT2D eigenvalue weighted by Gasteiger charge is 2.39. The fraction of sp³-hybridized carbons (Fsp3) is 0.400. The first-order chi connectivity index (χ1) is 14.3. The van der Waals surface area contributed by atoms with Gasteiger partial charge in [-0.1, -0.05) is 0 Å². The average molecular weight is 418 g/mol. The van der Waals surface area contributed by atoms with Gasteiger partial charge in [0.25, 0.3) is 0 Å². The normalized spacial score (nSPS) is 23.9. The Morgan fingerprint density at radius 2 is 1.57 bits per heavy atom. The van der Waals surface area contributed by atoms with Crippen LogP contribution in [-0.2, 0) is 0 Å². The van der Waals surface area contributed by atoms with Crippen molar-refractivity contribution in [2.24, 2.45) is 5.10 Å². The van der Waals surface area contributed by atoms with E-state index in [1.54, 1.807) is 11.1 Å². The number of anilines is 1. The fourth-order valence-electron chi connectivity index (χ4n) is 4.09. The Bertz CT molecular complexity index is 937. The van der Waals surface area contributed by atoms with Gasteiger partial charge in [0.2, 0.25) is 5.95 Å². The van der Waals surface area contributed by atoms with Gasteiger partial charge in [-0.2, -0.15) is 5.10 Å². The molecule has 3 atom stereocenters. The van der Waals surface area contributed by atoms with E-state index in [1.165, 1.54) is 17.1 Å². The minimum absolute atomic E-state index is 0.212. The molecule has 0 N–H and O–H groups in total. The van der Waals surface area contributed by atoms with Crippen LogP contribution in [0, 0.1) is 17.5 Å². The van der Waals surface area contributed by atoms with Crippen LogP contribution in [0.2, 0.25) is 0 Å². The van der Waals surface area contributed by atoms with Crippen LogP contribution in [0.15, 0.2) is 35.7 Å². The van der Waals surface area contributed by atoms with Crippen molar-refractivity contribution in [3.8, 4) is 0 Å². The first kappa shape index (κ1) is 20.1. The maximum Gasteiger partial charge on any atom is 0.341 e. The maximum absolute atomic E-state index is 13.7. The highest BCUT2D eigenvalue weighted by atomic mass is 19.1. The average Bonchev–Trinajstić information content (AvgIpc) is 3.17. The molecule has 30 heavy (non-hydrogen) atoms. The van der Waals surface area contributed by atoms with E-state index in [4.69, 9.17) is 0 Å². The molecule has 1 saturated heterocycles. The number of rotatable bonds is 2. The Morgan fingerprint density at radius 1 is 0.967 bits per heavy atom. The molecule has 10 heteroatoms. The highest BCUT2D eigenvalue weighted by molar-refractivity contribution is 5.79. The number of carbonyl (C=O) groups is 1. The Labute approximate surface area is 171 Å². The van der Waals surface area contributed by atoms with Gasteiger partial charge >= 0.3 is 6.03 Å². The third-order valence-corrected chi connectivity index (χ3v) is 5.32. The zero-order valence-corrected chi connectivity index (χ0v) is 16.5. The second kappa shape index (κ2) is 7.92. The van der Waals surface area contributed by atoms with Crippen molar-refractivity contribution < 1.29 is 18.0 Å². The smallest absolute Gasteiger partial charge is 0.337 e. The standard InChI is InChI=1S/C20H21F3N6O/c1-12-10-27(19-24-8-17(23)9-25-19)11-13(2)28(12)20(30)29-18(3-4-26-29)14-5-15(21)7-16(22)6-14/h4-9,12-13,18H,3,10-11H2,1-2H3/t12-,13+,18?. The summed E-state index contributed by atoms with van der Waals surface area (Å²) >= 11 is 0. The van der Waals surface area contributed by atoms with E-state index in [0.29, 0.717) is 31.0 Å². The largest absolute Gasteiger partial charge is 0.341 e. The summed E-state index contributed by atoms with van der Waals surface area (Å²) in [6.07, 6.45) is 4.16. The van der Waals surface area contributed by atoms with Crippen LogP contribution < -0.4 is 4.90 Å². The number of urea groups is 1. The lowest BCUT2D eigenvalue weighted by Crippen LogP contribution is -2.61. The van der Waals surface area contributed by atoms with Crippen molar-refractivity contribution in [1.29, 1.82) is 0 Å². The molecule has 1 unspecified atom stereocenters. The van der Waals surface area contributed by atoms with Crippen LogP contribution in [0.1, 0.15) is 31.9 Å². The Morgan fingerprint density at radius 3 is 2.17 bits per heavy atom. The predicted octanol–water partition coefficient (Wildman–Crippen LogP) is 3.35. The van der Waals surface area contributed by atoms with Gasteiger partial charge in [-0.3, -0.25) is 0 Å². The number of carbonyl (C=O) groups excluding carboxylic acids is 1. The molecule has 2 aliphatic rings.